The van der Waals surface area contributed by atoms with Crippen molar-refractivity contribution in [3.05, 3.63) is 28.8 Å². The molecule has 1 spiro atoms. The van der Waals surface area contributed by atoms with Gasteiger partial charge in [0.1, 0.15) is 5.75 Å². The van der Waals surface area contributed by atoms with E-state index in [1.165, 1.54) is 0 Å². The Hall–Kier alpha value is -2.04. The number of aryl methyl sites for hydroxylation is 2. The van der Waals surface area contributed by atoms with Crippen molar-refractivity contribution < 1.29 is 14.3 Å². The van der Waals surface area contributed by atoms with E-state index in [1.807, 2.05) is 31.7 Å². The lowest BCUT2D eigenvalue weighted by molar-refractivity contribution is -0.132. The first-order chi connectivity index (χ1) is 10.9. The molecule has 2 aliphatic rings. The van der Waals surface area contributed by atoms with Gasteiger partial charge in [-0.1, -0.05) is 12.1 Å². The Balaban J connectivity index is 1.61. The molecule has 2 saturated heterocycles. The van der Waals surface area contributed by atoms with Crippen LogP contribution in [0.2, 0.25) is 0 Å². The first-order valence-electron chi connectivity index (χ1n) is 8.14. The van der Waals surface area contributed by atoms with Gasteiger partial charge in [-0.3, -0.25) is 9.59 Å². The van der Waals surface area contributed by atoms with Gasteiger partial charge in [-0.15, -0.1) is 0 Å². The molecule has 0 aromatic heterocycles. The van der Waals surface area contributed by atoms with E-state index in [4.69, 9.17) is 4.74 Å². The van der Waals surface area contributed by atoms with Gasteiger partial charge in [0.2, 0.25) is 5.91 Å². The van der Waals surface area contributed by atoms with Gasteiger partial charge in [0, 0.05) is 31.5 Å². The molecule has 5 heteroatoms. The largest absolute Gasteiger partial charge is 0.483 e. The molecule has 0 radical (unpaired) electrons. The molecule has 23 heavy (non-hydrogen) atoms. The summed E-state index contributed by atoms with van der Waals surface area (Å²) in [5.74, 6) is 0.910. The minimum Gasteiger partial charge on any atom is -0.483 e. The van der Waals surface area contributed by atoms with E-state index in [0.717, 1.165) is 28.9 Å². The van der Waals surface area contributed by atoms with Gasteiger partial charge in [0.25, 0.3) is 5.91 Å². The Bertz CT molecular complexity index is 656. The summed E-state index contributed by atoms with van der Waals surface area (Å²) in [5, 5.41) is 2.88. The van der Waals surface area contributed by atoms with Crippen LogP contribution < -0.4 is 10.1 Å². The van der Waals surface area contributed by atoms with E-state index in [9.17, 15) is 9.59 Å². The molecule has 0 aliphatic carbocycles. The molecule has 0 saturated carbocycles. The molecule has 1 unspecified atom stereocenters. The van der Waals surface area contributed by atoms with Gasteiger partial charge in [-0.2, -0.15) is 0 Å². The summed E-state index contributed by atoms with van der Waals surface area (Å²) >= 11 is 0. The third-order valence-electron chi connectivity index (χ3n) is 5.20. The van der Waals surface area contributed by atoms with Crippen LogP contribution in [0, 0.1) is 26.2 Å². The summed E-state index contributed by atoms with van der Waals surface area (Å²) in [6.07, 6.45) is 1.42. The van der Waals surface area contributed by atoms with E-state index in [0.29, 0.717) is 26.1 Å². The number of likely N-dealkylation sites (tertiary alicyclic amines) is 1. The van der Waals surface area contributed by atoms with Crippen LogP contribution in [-0.2, 0) is 9.59 Å². The zero-order valence-electron chi connectivity index (χ0n) is 14.1. The number of nitrogens with zero attached hydrogens (tertiary/aromatic N) is 1. The number of carbonyl (C=O) groups excluding carboxylic acids is 2. The first-order valence-corrected chi connectivity index (χ1v) is 8.14. The maximum atomic E-state index is 12.4. The summed E-state index contributed by atoms with van der Waals surface area (Å²) in [7, 11) is 0. The lowest BCUT2D eigenvalue weighted by atomic mass is 9.86. The summed E-state index contributed by atoms with van der Waals surface area (Å²) in [4.78, 5) is 25.7. The molecule has 5 nitrogen and oxygen atoms in total. The average molecular weight is 316 g/mol. The lowest BCUT2D eigenvalue weighted by Crippen LogP contribution is -2.36. The highest BCUT2D eigenvalue weighted by Gasteiger charge is 2.45. The summed E-state index contributed by atoms with van der Waals surface area (Å²) < 4.78 is 5.82. The van der Waals surface area contributed by atoms with E-state index in [2.05, 4.69) is 11.4 Å². The second-order valence-electron chi connectivity index (χ2n) is 6.96. The molecule has 1 N–H and O–H groups in total. The minimum absolute atomic E-state index is 0.00142. The predicted octanol–water partition coefficient (Wildman–Crippen LogP) is 1.73. The zero-order chi connectivity index (χ0) is 16.6. The molecule has 2 heterocycles. The Labute approximate surface area is 137 Å². The third-order valence-corrected chi connectivity index (χ3v) is 5.20. The van der Waals surface area contributed by atoms with Crippen LogP contribution in [0.25, 0.3) is 0 Å². The van der Waals surface area contributed by atoms with E-state index in [1.54, 1.807) is 0 Å². The van der Waals surface area contributed by atoms with Gasteiger partial charge < -0.3 is 15.0 Å². The quantitative estimate of drug-likeness (QED) is 0.924. The van der Waals surface area contributed by atoms with Crippen molar-refractivity contribution >= 4 is 11.8 Å². The van der Waals surface area contributed by atoms with Gasteiger partial charge in [-0.05, 0) is 43.9 Å². The van der Waals surface area contributed by atoms with E-state index >= 15 is 0 Å². The van der Waals surface area contributed by atoms with Crippen molar-refractivity contribution in [2.45, 2.75) is 33.6 Å². The van der Waals surface area contributed by atoms with Crippen LogP contribution in [0.5, 0.6) is 5.75 Å². The highest BCUT2D eigenvalue weighted by molar-refractivity contribution is 5.81. The van der Waals surface area contributed by atoms with Crippen molar-refractivity contribution in [3.8, 4) is 5.75 Å². The van der Waals surface area contributed by atoms with Crippen molar-refractivity contribution in [1.82, 2.24) is 10.2 Å². The van der Waals surface area contributed by atoms with E-state index in [-0.39, 0.29) is 23.8 Å². The predicted molar refractivity (Wildman–Crippen MR) is 87.4 cm³/mol. The van der Waals surface area contributed by atoms with Gasteiger partial charge in [0.15, 0.2) is 6.61 Å². The summed E-state index contributed by atoms with van der Waals surface area (Å²) in [5.41, 5.74) is 3.24. The van der Waals surface area contributed by atoms with Crippen LogP contribution in [0.3, 0.4) is 0 Å². The number of ether oxygens (including phenoxy) is 1. The van der Waals surface area contributed by atoms with Crippen molar-refractivity contribution in [2.24, 2.45) is 5.41 Å². The van der Waals surface area contributed by atoms with Crippen LogP contribution >= 0.6 is 0 Å². The van der Waals surface area contributed by atoms with Crippen LogP contribution in [0.15, 0.2) is 12.1 Å². The molecule has 1 aromatic rings. The number of amides is 2. The topological polar surface area (TPSA) is 58.6 Å². The molecule has 2 amide bonds. The number of rotatable bonds is 3. The molecule has 2 fully saturated rings. The Morgan fingerprint density at radius 1 is 1.30 bits per heavy atom. The lowest BCUT2D eigenvalue weighted by Gasteiger charge is -2.22. The maximum absolute atomic E-state index is 12.4. The molecule has 2 aliphatic heterocycles. The fourth-order valence-electron chi connectivity index (χ4n) is 3.56. The van der Waals surface area contributed by atoms with Gasteiger partial charge in [0.05, 0.1) is 0 Å². The second kappa shape index (κ2) is 5.87. The van der Waals surface area contributed by atoms with Gasteiger partial charge in [-0.25, -0.2) is 0 Å². The Morgan fingerprint density at radius 3 is 2.74 bits per heavy atom. The zero-order valence-corrected chi connectivity index (χ0v) is 14.1. The number of benzene rings is 1. The molecule has 1 atom stereocenters. The maximum Gasteiger partial charge on any atom is 0.260 e. The number of hydrogen-bond donors (Lipinski definition) is 1. The highest BCUT2D eigenvalue weighted by Crippen LogP contribution is 2.36. The molecule has 1 aromatic carbocycles. The smallest absolute Gasteiger partial charge is 0.260 e. The van der Waals surface area contributed by atoms with Crippen LogP contribution in [-0.4, -0.2) is 43.0 Å². The molecular formula is C18H24N2O3. The average Bonchev–Trinajstić information content (AvgIpc) is 3.10. The Morgan fingerprint density at radius 2 is 2.04 bits per heavy atom. The number of nitrogens with one attached hydrogen (secondary N) is 1. The normalized spacial score (nSPS) is 23.4. The standard InChI is InChI=1S/C18H24N2O3/c1-12-4-5-13(2)17(14(12)3)23-9-16(22)20-7-6-18(11-20)8-15(21)19-10-18/h4-5H,6-11H2,1-3H3,(H,19,21). The highest BCUT2D eigenvalue weighted by atomic mass is 16.5. The number of hydrogen-bond acceptors (Lipinski definition) is 3. The third kappa shape index (κ3) is 3.05. The summed E-state index contributed by atoms with van der Waals surface area (Å²) in [6.45, 7) is 8.16. The van der Waals surface area contributed by atoms with Crippen molar-refractivity contribution in [2.75, 3.05) is 26.2 Å². The van der Waals surface area contributed by atoms with Gasteiger partial charge >= 0.3 is 0 Å². The van der Waals surface area contributed by atoms with Crippen LogP contribution in [0.1, 0.15) is 29.5 Å². The van der Waals surface area contributed by atoms with Crippen molar-refractivity contribution in [3.63, 3.8) is 0 Å². The first kappa shape index (κ1) is 15.8. The fourth-order valence-corrected chi connectivity index (χ4v) is 3.56. The summed E-state index contributed by atoms with van der Waals surface area (Å²) in [6, 6.07) is 4.08. The molecular weight excluding hydrogens is 292 g/mol. The van der Waals surface area contributed by atoms with Crippen molar-refractivity contribution in [1.29, 1.82) is 0 Å². The molecule has 3 rings (SSSR count). The number of carbonyl (C=O) groups is 2. The minimum atomic E-state index is -0.0537. The monoisotopic (exact) mass is 316 g/mol. The SMILES string of the molecule is Cc1ccc(C)c(OCC(=O)N2CCC3(CNC(=O)C3)C2)c1C. The van der Waals surface area contributed by atoms with E-state index < -0.39 is 0 Å². The molecule has 0 bridgehead atoms. The second-order valence-corrected chi connectivity index (χ2v) is 6.96. The van der Waals surface area contributed by atoms with Crippen LogP contribution in [0.4, 0.5) is 0 Å². The molecule has 124 valence electrons. The Kier molecular flexibility index (Phi) is 4.04. The fraction of sp³-hybridized carbons (Fsp3) is 0.556.